The van der Waals surface area contributed by atoms with Crippen molar-refractivity contribution in [1.29, 1.82) is 0 Å². The summed E-state index contributed by atoms with van der Waals surface area (Å²) in [5, 5.41) is 9.40. The van der Waals surface area contributed by atoms with Crippen LogP contribution in [0.25, 0.3) is 0 Å². The Morgan fingerprint density at radius 3 is 2.78 bits per heavy atom. The van der Waals surface area contributed by atoms with Crippen LogP contribution in [0.15, 0.2) is 18.2 Å². The van der Waals surface area contributed by atoms with E-state index in [1.807, 2.05) is 11.8 Å². The number of aryl methyl sites for hydroxylation is 1. The van der Waals surface area contributed by atoms with Crippen LogP contribution in [0.5, 0.6) is 5.75 Å². The molecule has 2 rings (SSSR count). The zero-order valence-corrected chi connectivity index (χ0v) is 11.3. The molecule has 3 nitrogen and oxygen atoms in total. The van der Waals surface area contributed by atoms with Gasteiger partial charge in [-0.2, -0.15) is 0 Å². The first-order valence-electron chi connectivity index (χ1n) is 6.61. The lowest BCUT2D eigenvalue weighted by molar-refractivity contribution is 0.0701. The molecular formula is C15H21NO2. The van der Waals surface area contributed by atoms with E-state index in [1.54, 1.807) is 18.2 Å². The van der Waals surface area contributed by atoms with E-state index in [2.05, 4.69) is 13.8 Å². The lowest BCUT2D eigenvalue weighted by Gasteiger charge is -2.28. The normalized spacial score (nSPS) is 19.6. The lowest BCUT2D eigenvalue weighted by Crippen LogP contribution is -2.38. The highest BCUT2D eigenvalue weighted by Gasteiger charge is 2.31. The van der Waals surface area contributed by atoms with Crippen molar-refractivity contribution in [3.05, 3.63) is 29.3 Å². The van der Waals surface area contributed by atoms with Crippen molar-refractivity contribution in [1.82, 2.24) is 4.90 Å². The molecule has 1 N–H and O–H groups in total. The molecule has 1 fully saturated rings. The monoisotopic (exact) mass is 247 g/mol. The number of carbonyl (C=O) groups is 1. The molecule has 0 radical (unpaired) electrons. The predicted molar refractivity (Wildman–Crippen MR) is 71.7 cm³/mol. The third-order valence-electron chi connectivity index (χ3n) is 3.77. The van der Waals surface area contributed by atoms with E-state index in [9.17, 15) is 9.90 Å². The number of hydrogen-bond acceptors (Lipinski definition) is 2. The summed E-state index contributed by atoms with van der Waals surface area (Å²) in [6.45, 7) is 7.05. The summed E-state index contributed by atoms with van der Waals surface area (Å²) in [7, 11) is 0. The van der Waals surface area contributed by atoms with Crippen LogP contribution in [0, 0.1) is 12.8 Å². The number of nitrogens with zero attached hydrogens (tertiary/aromatic N) is 1. The van der Waals surface area contributed by atoms with Crippen LogP contribution in [0.4, 0.5) is 0 Å². The number of hydrogen-bond donors (Lipinski definition) is 1. The molecular weight excluding hydrogens is 226 g/mol. The van der Waals surface area contributed by atoms with Gasteiger partial charge in [-0.3, -0.25) is 4.79 Å². The third-order valence-corrected chi connectivity index (χ3v) is 3.77. The Morgan fingerprint density at radius 1 is 1.44 bits per heavy atom. The molecule has 1 unspecified atom stereocenters. The van der Waals surface area contributed by atoms with Gasteiger partial charge in [-0.25, -0.2) is 0 Å². The second kappa shape index (κ2) is 5.01. The molecule has 1 saturated heterocycles. The fourth-order valence-corrected chi connectivity index (χ4v) is 2.78. The average Bonchev–Trinajstić information content (AvgIpc) is 2.77. The summed E-state index contributed by atoms with van der Waals surface area (Å²) in [5.41, 5.74) is 1.55. The van der Waals surface area contributed by atoms with Crippen molar-refractivity contribution in [3.8, 4) is 5.75 Å². The summed E-state index contributed by atoms with van der Waals surface area (Å²) in [6, 6.07) is 5.31. The Hall–Kier alpha value is -1.51. The molecule has 1 aromatic rings. The number of amides is 1. The van der Waals surface area contributed by atoms with Crippen LogP contribution in [0.1, 0.15) is 42.6 Å². The molecule has 98 valence electrons. The van der Waals surface area contributed by atoms with Crippen LogP contribution in [-0.4, -0.2) is 28.5 Å². The van der Waals surface area contributed by atoms with Gasteiger partial charge in [0.2, 0.25) is 0 Å². The standard InChI is InChI=1S/C15H21NO2/c1-10(2)14-5-4-8-16(14)15(18)13-7-6-12(17)9-11(13)3/h6-7,9-10,14,17H,4-5,8H2,1-3H3. The van der Waals surface area contributed by atoms with E-state index in [4.69, 9.17) is 0 Å². The molecule has 0 aromatic heterocycles. The fourth-order valence-electron chi connectivity index (χ4n) is 2.78. The molecule has 1 aromatic carbocycles. The third kappa shape index (κ3) is 2.35. The van der Waals surface area contributed by atoms with Gasteiger partial charge in [0.25, 0.3) is 5.91 Å². The Balaban J connectivity index is 2.25. The zero-order valence-electron chi connectivity index (χ0n) is 11.3. The van der Waals surface area contributed by atoms with Crippen LogP contribution in [0.3, 0.4) is 0 Å². The Labute approximate surface area is 108 Å². The van der Waals surface area contributed by atoms with Crippen molar-refractivity contribution < 1.29 is 9.90 Å². The minimum atomic E-state index is 0.101. The van der Waals surface area contributed by atoms with E-state index in [-0.39, 0.29) is 11.7 Å². The molecule has 18 heavy (non-hydrogen) atoms. The first-order valence-corrected chi connectivity index (χ1v) is 6.61. The highest BCUT2D eigenvalue weighted by molar-refractivity contribution is 5.96. The molecule has 1 aliphatic rings. The summed E-state index contributed by atoms with van der Waals surface area (Å²) in [6.07, 6.45) is 2.19. The number of aromatic hydroxyl groups is 1. The smallest absolute Gasteiger partial charge is 0.254 e. The largest absolute Gasteiger partial charge is 0.508 e. The lowest BCUT2D eigenvalue weighted by atomic mass is 10.0. The number of benzene rings is 1. The molecule has 3 heteroatoms. The van der Waals surface area contributed by atoms with E-state index in [0.29, 0.717) is 17.5 Å². The maximum Gasteiger partial charge on any atom is 0.254 e. The molecule has 0 aliphatic carbocycles. The minimum absolute atomic E-state index is 0.101. The number of phenolic OH excluding ortho intramolecular Hbond substituents is 1. The van der Waals surface area contributed by atoms with Gasteiger partial charge in [-0.1, -0.05) is 13.8 Å². The maximum atomic E-state index is 12.5. The van der Waals surface area contributed by atoms with E-state index < -0.39 is 0 Å². The van der Waals surface area contributed by atoms with Gasteiger partial charge >= 0.3 is 0 Å². The second-order valence-corrected chi connectivity index (χ2v) is 5.45. The highest BCUT2D eigenvalue weighted by Crippen LogP contribution is 2.27. The molecule has 0 bridgehead atoms. The first-order chi connectivity index (χ1) is 8.50. The van der Waals surface area contributed by atoms with Crippen LogP contribution >= 0.6 is 0 Å². The van der Waals surface area contributed by atoms with Crippen molar-refractivity contribution in [2.75, 3.05) is 6.54 Å². The first kappa shape index (κ1) is 12.9. The van der Waals surface area contributed by atoms with Gasteiger partial charge < -0.3 is 10.0 Å². The number of likely N-dealkylation sites (tertiary alicyclic amines) is 1. The second-order valence-electron chi connectivity index (χ2n) is 5.45. The maximum absolute atomic E-state index is 12.5. The summed E-state index contributed by atoms with van der Waals surface area (Å²) in [5.74, 6) is 0.809. The van der Waals surface area contributed by atoms with E-state index in [1.165, 1.54) is 0 Å². The molecule has 1 amide bonds. The fraction of sp³-hybridized carbons (Fsp3) is 0.533. The highest BCUT2D eigenvalue weighted by atomic mass is 16.3. The summed E-state index contributed by atoms with van der Waals surface area (Å²) >= 11 is 0. The SMILES string of the molecule is Cc1cc(O)ccc1C(=O)N1CCCC1C(C)C. The van der Waals surface area contributed by atoms with Crippen molar-refractivity contribution in [2.24, 2.45) is 5.92 Å². The quantitative estimate of drug-likeness (QED) is 0.872. The van der Waals surface area contributed by atoms with Crippen LogP contribution in [-0.2, 0) is 0 Å². The molecule has 1 aliphatic heterocycles. The number of rotatable bonds is 2. The number of phenols is 1. The number of carbonyl (C=O) groups excluding carboxylic acids is 1. The van der Waals surface area contributed by atoms with E-state index >= 15 is 0 Å². The molecule has 0 saturated carbocycles. The zero-order chi connectivity index (χ0) is 13.3. The Morgan fingerprint density at radius 2 is 2.17 bits per heavy atom. The van der Waals surface area contributed by atoms with Gasteiger partial charge in [-0.05, 0) is 49.4 Å². The van der Waals surface area contributed by atoms with Gasteiger partial charge in [0.15, 0.2) is 0 Å². The molecule has 1 heterocycles. The minimum Gasteiger partial charge on any atom is -0.508 e. The molecule has 0 spiro atoms. The van der Waals surface area contributed by atoms with E-state index in [0.717, 1.165) is 24.9 Å². The summed E-state index contributed by atoms with van der Waals surface area (Å²) in [4.78, 5) is 14.5. The summed E-state index contributed by atoms with van der Waals surface area (Å²) < 4.78 is 0. The Kier molecular flexibility index (Phi) is 3.60. The van der Waals surface area contributed by atoms with Gasteiger partial charge in [-0.15, -0.1) is 0 Å². The topological polar surface area (TPSA) is 40.5 Å². The van der Waals surface area contributed by atoms with Crippen molar-refractivity contribution in [2.45, 2.75) is 39.7 Å². The van der Waals surface area contributed by atoms with Crippen molar-refractivity contribution >= 4 is 5.91 Å². The average molecular weight is 247 g/mol. The van der Waals surface area contributed by atoms with Crippen LogP contribution in [0.2, 0.25) is 0 Å². The van der Waals surface area contributed by atoms with Gasteiger partial charge in [0.1, 0.15) is 5.75 Å². The van der Waals surface area contributed by atoms with Gasteiger partial charge in [0.05, 0.1) is 0 Å². The Bertz CT molecular complexity index is 454. The predicted octanol–water partition coefficient (Wildman–Crippen LogP) is 2.96. The van der Waals surface area contributed by atoms with Gasteiger partial charge in [0, 0.05) is 18.2 Å². The molecule has 1 atom stereocenters. The van der Waals surface area contributed by atoms with Crippen LogP contribution < -0.4 is 0 Å². The van der Waals surface area contributed by atoms with Crippen molar-refractivity contribution in [3.63, 3.8) is 0 Å².